The Kier molecular flexibility index (Phi) is 7.37. The van der Waals surface area contributed by atoms with E-state index in [-0.39, 0.29) is 18.5 Å². The first-order chi connectivity index (χ1) is 12.1. The molecule has 0 saturated carbocycles. The topological polar surface area (TPSA) is 81.9 Å². The lowest BCUT2D eigenvalue weighted by Gasteiger charge is -2.13. The second-order valence-corrected chi connectivity index (χ2v) is 6.19. The van der Waals surface area contributed by atoms with Crippen molar-refractivity contribution in [2.75, 3.05) is 7.11 Å². The van der Waals surface area contributed by atoms with Crippen molar-refractivity contribution in [1.29, 1.82) is 0 Å². The average molecular weight is 345 g/mol. The van der Waals surface area contributed by atoms with Gasteiger partial charge in [0.2, 0.25) is 11.7 Å². The number of benzene rings is 1. The number of carbonyl (C=O) groups excluding carboxylic acids is 1. The SMILES string of the molecule is CCCCCC[C@@H](C)NC(=O)Cn1nnc(-c2cccc(OC)c2)n1. The first-order valence-electron chi connectivity index (χ1n) is 8.84. The van der Waals surface area contributed by atoms with Crippen LogP contribution in [0.15, 0.2) is 24.3 Å². The fourth-order valence-corrected chi connectivity index (χ4v) is 2.59. The highest BCUT2D eigenvalue weighted by Crippen LogP contribution is 2.19. The van der Waals surface area contributed by atoms with E-state index >= 15 is 0 Å². The smallest absolute Gasteiger partial charge is 0.243 e. The Hall–Kier alpha value is -2.44. The molecule has 0 fully saturated rings. The predicted molar refractivity (Wildman–Crippen MR) is 96.2 cm³/mol. The number of rotatable bonds is 10. The van der Waals surface area contributed by atoms with Crippen molar-refractivity contribution >= 4 is 5.91 Å². The van der Waals surface area contributed by atoms with Gasteiger partial charge in [-0.25, -0.2) is 0 Å². The van der Waals surface area contributed by atoms with Crippen molar-refractivity contribution in [2.45, 2.75) is 58.5 Å². The molecular formula is C18H27N5O2. The summed E-state index contributed by atoms with van der Waals surface area (Å²) >= 11 is 0. The Bertz CT molecular complexity index is 671. The van der Waals surface area contributed by atoms with Crippen LogP contribution >= 0.6 is 0 Å². The monoisotopic (exact) mass is 345 g/mol. The minimum Gasteiger partial charge on any atom is -0.497 e. The Balaban J connectivity index is 1.84. The van der Waals surface area contributed by atoms with Gasteiger partial charge in [-0.3, -0.25) is 4.79 Å². The third-order valence-electron chi connectivity index (χ3n) is 3.96. The van der Waals surface area contributed by atoms with Crippen molar-refractivity contribution in [3.05, 3.63) is 24.3 Å². The molecule has 25 heavy (non-hydrogen) atoms. The van der Waals surface area contributed by atoms with Crippen LogP contribution < -0.4 is 10.1 Å². The number of aromatic nitrogens is 4. The molecule has 1 amide bonds. The van der Waals surface area contributed by atoms with E-state index in [9.17, 15) is 4.79 Å². The highest BCUT2D eigenvalue weighted by Gasteiger charge is 2.12. The third-order valence-corrected chi connectivity index (χ3v) is 3.96. The molecule has 0 aliphatic rings. The standard InChI is InChI=1S/C18H27N5O2/c1-4-5-6-7-9-14(2)19-17(24)13-23-21-18(20-22-23)15-10-8-11-16(12-15)25-3/h8,10-12,14H,4-7,9,13H2,1-3H3,(H,19,24)/t14-/m1/s1. The van der Waals surface area contributed by atoms with E-state index in [1.165, 1.54) is 24.1 Å². The minimum absolute atomic E-state index is 0.0657. The largest absolute Gasteiger partial charge is 0.497 e. The molecule has 0 unspecified atom stereocenters. The van der Waals surface area contributed by atoms with Crippen molar-refractivity contribution < 1.29 is 9.53 Å². The number of carbonyl (C=O) groups is 1. The van der Waals surface area contributed by atoms with Gasteiger partial charge in [0.25, 0.3) is 0 Å². The normalized spacial score (nSPS) is 12.0. The molecule has 0 radical (unpaired) electrons. The molecule has 2 aromatic rings. The summed E-state index contributed by atoms with van der Waals surface area (Å²) in [4.78, 5) is 13.4. The molecule has 0 bridgehead atoms. The van der Waals surface area contributed by atoms with Crippen LogP contribution in [0.5, 0.6) is 5.75 Å². The summed E-state index contributed by atoms with van der Waals surface area (Å²) in [5, 5.41) is 15.2. The van der Waals surface area contributed by atoms with Crippen LogP contribution in [0.4, 0.5) is 0 Å². The molecule has 0 saturated heterocycles. The molecule has 7 nitrogen and oxygen atoms in total. The lowest BCUT2D eigenvalue weighted by Crippen LogP contribution is -2.35. The van der Waals surface area contributed by atoms with Gasteiger partial charge in [-0.2, -0.15) is 4.80 Å². The van der Waals surface area contributed by atoms with Crippen LogP contribution in [-0.2, 0) is 11.3 Å². The molecule has 7 heteroatoms. The number of hydrogen-bond donors (Lipinski definition) is 1. The van der Waals surface area contributed by atoms with E-state index in [4.69, 9.17) is 4.74 Å². The number of tetrazole rings is 1. The Morgan fingerprint density at radius 3 is 2.92 bits per heavy atom. The second-order valence-electron chi connectivity index (χ2n) is 6.19. The zero-order valence-electron chi connectivity index (χ0n) is 15.2. The van der Waals surface area contributed by atoms with E-state index < -0.39 is 0 Å². The lowest BCUT2D eigenvalue weighted by atomic mass is 10.1. The van der Waals surface area contributed by atoms with Crippen LogP contribution in [0.1, 0.15) is 46.0 Å². The van der Waals surface area contributed by atoms with Gasteiger partial charge in [-0.1, -0.05) is 44.7 Å². The van der Waals surface area contributed by atoms with Crippen LogP contribution in [0.3, 0.4) is 0 Å². The van der Waals surface area contributed by atoms with Crippen molar-refractivity contribution in [3.63, 3.8) is 0 Å². The molecule has 1 aromatic carbocycles. The first-order valence-corrected chi connectivity index (χ1v) is 8.84. The third kappa shape index (κ3) is 6.17. The summed E-state index contributed by atoms with van der Waals surface area (Å²) < 4.78 is 5.19. The zero-order chi connectivity index (χ0) is 18.1. The van der Waals surface area contributed by atoms with E-state index in [0.717, 1.165) is 24.2 Å². The summed E-state index contributed by atoms with van der Waals surface area (Å²) in [7, 11) is 1.61. The fourth-order valence-electron chi connectivity index (χ4n) is 2.59. The quantitative estimate of drug-likeness (QED) is 0.670. The summed E-state index contributed by atoms with van der Waals surface area (Å²) in [6.45, 7) is 4.28. The molecule has 1 aromatic heterocycles. The number of amides is 1. The van der Waals surface area contributed by atoms with Crippen molar-refractivity contribution in [3.8, 4) is 17.1 Å². The number of nitrogens with one attached hydrogen (secondary N) is 1. The van der Waals surface area contributed by atoms with Crippen LogP contribution in [0.25, 0.3) is 11.4 Å². The number of ether oxygens (including phenoxy) is 1. The maximum atomic E-state index is 12.1. The molecule has 0 aliphatic carbocycles. The van der Waals surface area contributed by atoms with Gasteiger partial charge in [0.05, 0.1) is 7.11 Å². The summed E-state index contributed by atoms with van der Waals surface area (Å²) in [6, 6.07) is 7.58. The highest BCUT2D eigenvalue weighted by molar-refractivity contribution is 5.75. The summed E-state index contributed by atoms with van der Waals surface area (Å²) in [5.74, 6) is 1.10. The van der Waals surface area contributed by atoms with Crippen LogP contribution in [-0.4, -0.2) is 39.3 Å². The molecule has 1 atom stereocenters. The molecule has 0 spiro atoms. The van der Waals surface area contributed by atoms with E-state index in [2.05, 4.69) is 27.7 Å². The molecular weight excluding hydrogens is 318 g/mol. The molecule has 1 heterocycles. The Morgan fingerprint density at radius 1 is 1.32 bits per heavy atom. The van der Waals surface area contributed by atoms with Crippen LogP contribution in [0, 0.1) is 0 Å². The fraction of sp³-hybridized carbons (Fsp3) is 0.556. The van der Waals surface area contributed by atoms with Gasteiger partial charge in [0.1, 0.15) is 12.3 Å². The first kappa shape index (κ1) is 18.9. The van der Waals surface area contributed by atoms with Gasteiger partial charge in [0.15, 0.2) is 0 Å². The van der Waals surface area contributed by atoms with Gasteiger partial charge >= 0.3 is 0 Å². The number of nitrogens with zero attached hydrogens (tertiary/aromatic N) is 4. The van der Waals surface area contributed by atoms with E-state index in [1.54, 1.807) is 7.11 Å². The predicted octanol–water partition coefficient (Wildman–Crippen LogP) is 2.82. The number of methoxy groups -OCH3 is 1. The Morgan fingerprint density at radius 2 is 2.16 bits per heavy atom. The second kappa shape index (κ2) is 9.76. The van der Waals surface area contributed by atoms with Crippen molar-refractivity contribution in [2.24, 2.45) is 0 Å². The van der Waals surface area contributed by atoms with Crippen LogP contribution in [0.2, 0.25) is 0 Å². The van der Waals surface area contributed by atoms with Gasteiger partial charge < -0.3 is 10.1 Å². The lowest BCUT2D eigenvalue weighted by molar-refractivity contribution is -0.122. The molecule has 1 N–H and O–H groups in total. The molecule has 2 rings (SSSR count). The molecule has 0 aliphatic heterocycles. The summed E-state index contributed by atoms with van der Waals surface area (Å²) in [6.07, 6.45) is 5.80. The minimum atomic E-state index is -0.0995. The van der Waals surface area contributed by atoms with Gasteiger partial charge in [0, 0.05) is 11.6 Å². The maximum absolute atomic E-state index is 12.1. The summed E-state index contributed by atoms with van der Waals surface area (Å²) in [5.41, 5.74) is 0.801. The van der Waals surface area contributed by atoms with Crippen molar-refractivity contribution in [1.82, 2.24) is 25.5 Å². The van der Waals surface area contributed by atoms with Gasteiger partial charge in [-0.05, 0) is 30.7 Å². The highest BCUT2D eigenvalue weighted by atomic mass is 16.5. The van der Waals surface area contributed by atoms with E-state index in [1.807, 2.05) is 31.2 Å². The molecule has 136 valence electrons. The average Bonchev–Trinajstić information content (AvgIpc) is 3.07. The van der Waals surface area contributed by atoms with E-state index in [0.29, 0.717) is 5.82 Å². The zero-order valence-corrected chi connectivity index (χ0v) is 15.2. The number of hydrogen-bond acceptors (Lipinski definition) is 5. The number of unbranched alkanes of at least 4 members (excludes halogenated alkanes) is 3. The van der Waals surface area contributed by atoms with Gasteiger partial charge in [-0.15, -0.1) is 10.2 Å². The maximum Gasteiger partial charge on any atom is 0.243 e. The Labute approximate surface area is 148 Å².